The van der Waals surface area contributed by atoms with Gasteiger partial charge in [-0.15, -0.1) is 0 Å². The second kappa shape index (κ2) is 3.71. The SMILES string of the molecule is Fc1ccccc1-c1noc(Br)c1Cl. The first-order chi connectivity index (χ1) is 6.70. The van der Waals surface area contributed by atoms with Crippen LogP contribution in [0.25, 0.3) is 11.3 Å². The summed E-state index contributed by atoms with van der Waals surface area (Å²) < 4.78 is 18.4. The Kier molecular flexibility index (Phi) is 2.56. The quantitative estimate of drug-likeness (QED) is 0.789. The van der Waals surface area contributed by atoms with Gasteiger partial charge in [0.2, 0.25) is 4.67 Å². The Balaban J connectivity index is 2.60. The van der Waals surface area contributed by atoms with E-state index >= 15 is 0 Å². The standard InChI is InChI=1S/C9H4BrClFNO/c10-9-7(11)8(13-14-9)5-3-1-2-4-6(5)12/h1-4H. The lowest BCUT2D eigenvalue weighted by Crippen LogP contribution is -1.83. The lowest BCUT2D eigenvalue weighted by atomic mass is 10.1. The highest BCUT2D eigenvalue weighted by Crippen LogP contribution is 2.34. The molecule has 1 aromatic carbocycles. The highest BCUT2D eigenvalue weighted by Gasteiger charge is 2.16. The van der Waals surface area contributed by atoms with Gasteiger partial charge in [-0.1, -0.05) is 28.9 Å². The van der Waals surface area contributed by atoms with Crippen LogP contribution in [-0.2, 0) is 0 Å². The van der Waals surface area contributed by atoms with E-state index in [-0.39, 0.29) is 10.8 Å². The lowest BCUT2D eigenvalue weighted by molar-refractivity contribution is 0.402. The molecule has 0 aliphatic heterocycles. The zero-order valence-corrected chi connectivity index (χ0v) is 9.14. The maximum Gasteiger partial charge on any atom is 0.221 e. The summed E-state index contributed by atoms with van der Waals surface area (Å²) in [6.07, 6.45) is 0. The van der Waals surface area contributed by atoms with Crippen molar-refractivity contribution in [3.63, 3.8) is 0 Å². The van der Waals surface area contributed by atoms with Gasteiger partial charge in [0.05, 0.1) is 0 Å². The molecule has 1 heterocycles. The molecular formula is C9H4BrClFNO. The smallest absolute Gasteiger partial charge is 0.221 e. The molecule has 2 rings (SSSR count). The molecule has 72 valence electrons. The van der Waals surface area contributed by atoms with Gasteiger partial charge in [0, 0.05) is 5.56 Å². The van der Waals surface area contributed by atoms with Crippen molar-refractivity contribution in [3.05, 3.63) is 39.8 Å². The number of halogens is 3. The molecule has 0 N–H and O–H groups in total. The minimum absolute atomic E-state index is 0.273. The molecule has 0 aliphatic carbocycles. The van der Waals surface area contributed by atoms with Gasteiger partial charge in [-0.2, -0.15) is 0 Å². The predicted octanol–water partition coefficient (Wildman–Crippen LogP) is 3.90. The van der Waals surface area contributed by atoms with Gasteiger partial charge in [-0.3, -0.25) is 0 Å². The molecule has 0 fully saturated rings. The molecule has 0 atom stereocenters. The Bertz CT molecular complexity index is 472. The average molecular weight is 276 g/mol. The molecule has 1 aromatic heterocycles. The van der Waals surface area contributed by atoms with Crippen LogP contribution in [0.5, 0.6) is 0 Å². The van der Waals surface area contributed by atoms with E-state index < -0.39 is 0 Å². The van der Waals surface area contributed by atoms with Crippen molar-refractivity contribution < 1.29 is 8.91 Å². The Morgan fingerprint density at radius 3 is 2.64 bits per heavy atom. The van der Waals surface area contributed by atoms with Crippen molar-refractivity contribution in [2.45, 2.75) is 0 Å². The first-order valence-corrected chi connectivity index (χ1v) is 4.93. The molecule has 0 bridgehead atoms. The van der Waals surface area contributed by atoms with Crippen LogP contribution in [0.1, 0.15) is 0 Å². The third-order valence-electron chi connectivity index (χ3n) is 1.73. The number of rotatable bonds is 1. The number of benzene rings is 1. The Labute approximate surface area is 92.8 Å². The van der Waals surface area contributed by atoms with Crippen molar-refractivity contribution in [2.75, 3.05) is 0 Å². The number of aromatic nitrogens is 1. The monoisotopic (exact) mass is 275 g/mol. The summed E-state index contributed by atoms with van der Waals surface area (Å²) >= 11 is 8.90. The maximum absolute atomic E-state index is 13.3. The molecule has 5 heteroatoms. The first-order valence-electron chi connectivity index (χ1n) is 3.75. The molecular weight excluding hydrogens is 272 g/mol. The summed E-state index contributed by atoms with van der Waals surface area (Å²) in [7, 11) is 0. The van der Waals surface area contributed by atoms with Crippen molar-refractivity contribution >= 4 is 27.5 Å². The highest BCUT2D eigenvalue weighted by atomic mass is 79.9. The third-order valence-corrected chi connectivity index (χ3v) is 2.85. The van der Waals surface area contributed by atoms with Crippen LogP contribution in [0.4, 0.5) is 4.39 Å². The Morgan fingerprint density at radius 1 is 1.36 bits per heavy atom. The van der Waals surface area contributed by atoms with E-state index in [4.69, 9.17) is 16.1 Å². The maximum atomic E-state index is 13.3. The molecule has 2 nitrogen and oxygen atoms in total. The van der Waals surface area contributed by atoms with Crippen molar-refractivity contribution in [1.29, 1.82) is 0 Å². The van der Waals surface area contributed by atoms with Gasteiger partial charge >= 0.3 is 0 Å². The van der Waals surface area contributed by atoms with Gasteiger partial charge in [0.25, 0.3) is 0 Å². The van der Waals surface area contributed by atoms with Crippen LogP contribution >= 0.6 is 27.5 Å². The van der Waals surface area contributed by atoms with E-state index in [2.05, 4.69) is 21.1 Å². The zero-order valence-electron chi connectivity index (χ0n) is 6.80. The van der Waals surface area contributed by atoms with Crippen LogP contribution in [0.15, 0.2) is 33.5 Å². The summed E-state index contributed by atoms with van der Waals surface area (Å²) in [6.45, 7) is 0. The van der Waals surface area contributed by atoms with E-state index in [9.17, 15) is 4.39 Å². The fourth-order valence-corrected chi connectivity index (χ4v) is 1.51. The molecule has 2 aromatic rings. The van der Waals surface area contributed by atoms with Gasteiger partial charge in [0.1, 0.15) is 16.5 Å². The molecule has 14 heavy (non-hydrogen) atoms. The minimum atomic E-state index is -0.379. The van der Waals surface area contributed by atoms with Crippen molar-refractivity contribution in [1.82, 2.24) is 5.16 Å². The molecule has 0 saturated heterocycles. The summed E-state index contributed by atoms with van der Waals surface area (Å²) in [6, 6.07) is 6.24. The fraction of sp³-hybridized carbons (Fsp3) is 0. The van der Waals surface area contributed by atoms with E-state index in [0.717, 1.165) is 0 Å². The first kappa shape index (κ1) is 9.68. The topological polar surface area (TPSA) is 26.0 Å². The van der Waals surface area contributed by atoms with E-state index in [1.165, 1.54) is 6.07 Å². The molecule has 0 amide bonds. The van der Waals surface area contributed by atoms with Crippen LogP contribution in [0.3, 0.4) is 0 Å². The summed E-state index contributed by atoms with van der Waals surface area (Å²) in [5.74, 6) is -0.379. The Hall–Kier alpha value is -0.870. The summed E-state index contributed by atoms with van der Waals surface area (Å²) in [4.78, 5) is 0. The van der Waals surface area contributed by atoms with Crippen LogP contribution in [0, 0.1) is 5.82 Å². The van der Waals surface area contributed by atoms with E-state index in [1.54, 1.807) is 18.2 Å². The summed E-state index contributed by atoms with van der Waals surface area (Å²) in [5.41, 5.74) is 0.628. The highest BCUT2D eigenvalue weighted by molar-refractivity contribution is 9.10. The molecule has 0 spiro atoms. The predicted molar refractivity (Wildman–Crippen MR) is 54.6 cm³/mol. The average Bonchev–Trinajstić information content (AvgIpc) is 2.49. The van der Waals surface area contributed by atoms with Gasteiger partial charge in [-0.25, -0.2) is 4.39 Å². The van der Waals surface area contributed by atoms with Crippen molar-refractivity contribution in [2.24, 2.45) is 0 Å². The lowest BCUT2D eigenvalue weighted by Gasteiger charge is -1.97. The second-order valence-corrected chi connectivity index (χ2v) is 3.70. The number of hydrogen-bond donors (Lipinski definition) is 0. The van der Waals surface area contributed by atoms with E-state index in [0.29, 0.717) is 15.9 Å². The zero-order chi connectivity index (χ0) is 10.1. The van der Waals surface area contributed by atoms with Gasteiger partial charge in [0.15, 0.2) is 0 Å². The molecule has 0 unspecified atom stereocenters. The number of nitrogens with zero attached hydrogens (tertiary/aromatic N) is 1. The third kappa shape index (κ3) is 1.55. The normalized spacial score (nSPS) is 10.5. The fourth-order valence-electron chi connectivity index (χ4n) is 1.08. The molecule has 0 saturated carbocycles. The number of hydrogen-bond acceptors (Lipinski definition) is 2. The molecule has 0 radical (unpaired) electrons. The van der Waals surface area contributed by atoms with Crippen LogP contribution < -0.4 is 0 Å². The van der Waals surface area contributed by atoms with Crippen LogP contribution in [-0.4, -0.2) is 5.16 Å². The van der Waals surface area contributed by atoms with Crippen molar-refractivity contribution in [3.8, 4) is 11.3 Å². The van der Waals surface area contributed by atoms with Gasteiger partial charge in [-0.05, 0) is 28.1 Å². The molecule has 0 aliphatic rings. The second-order valence-electron chi connectivity index (χ2n) is 2.60. The Morgan fingerprint density at radius 2 is 2.07 bits per heavy atom. The largest absolute Gasteiger partial charge is 0.347 e. The van der Waals surface area contributed by atoms with Crippen LogP contribution in [0.2, 0.25) is 5.02 Å². The summed E-state index contributed by atoms with van der Waals surface area (Å²) in [5, 5.41) is 3.93. The van der Waals surface area contributed by atoms with E-state index in [1.807, 2.05) is 0 Å². The minimum Gasteiger partial charge on any atom is -0.347 e. The van der Waals surface area contributed by atoms with Gasteiger partial charge < -0.3 is 4.52 Å².